The van der Waals surface area contributed by atoms with Crippen molar-refractivity contribution in [3.63, 3.8) is 0 Å². The fourth-order valence-corrected chi connectivity index (χ4v) is 5.15. The lowest BCUT2D eigenvalue weighted by molar-refractivity contribution is -0.136. The second-order valence-electron chi connectivity index (χ2n) is 8.22. The quantitative estimate of drug-likeness (QED) is 0.308. The first kappa shape index (κ1) is 24.6. The van der Waals surface area contributed by atoms with Crippen molar-refractivity contribution in [2.24, 2.45) is 5.92 Å². The number of carboxylic acid groups (broad SMARTS) is 1. The SMILES string of the molecule is CC(C)Cc1sc(N(CCCc2ccccc2)CCC(=O)O)nc1-c1ccc(Cl)c(Cl)c1. The van der Waals surface area contributed by atoms with Gasteiger partial charge in [-0.1, -0.05) is 73.4 Å². The summed E-state index contributed by atoms with van der Waals surface area (Å²) in [5.41, 5.74) is 3.11. The zero-order valence-electron chi connectivity index (χ0n) is 18.4. The van der Waals surface area contributed by atoms with Gasteiger partial charge in [-0.25, -0.2) is 4.98 Å². The van der Waals surface area contributed by atoms with E-state index in [1.807, 2.05) is 30.3 Å². The van der Waals surface area contributed by atoms with E-state index in [4.69, 9.17) is 28.2 Å². The third kappa shape index (κ3) is 6.96. The molecular formula is C25H28Cl2N2O2S. The van der Waals surface area contributed by atoms with Gasteiger partial charge in [0.05, 0.1) is 22.2 Å². The largest absolute Gasteiger partial charge is 0.481 e. The molecule has 0 radical (unpaired) electrons. The molecule has 0 aliphatic carbocycles. The molecule has 4 nitrogen and oxygen atoms in total. The van der Waals surface area contributed by atoms with E-state index in [9.17, 15) is 9.90 Å². The highest BCUT2D eigenvalue weighted by Crippen LogP contribution is 2.37. The molecule has 0 atom stereocenters. The normalized spacial score (nSPS) is 11.2. The molecule has 0 aliphatic rings. The van der Waals surface area contributed by atoms with E-state index < -0.39 is 5.97 Å². The van der Waals surface area contributed by atoms with Gasteiger partial charge in [-0.3, -0.25) is 4.79 Å². The minimum absolute atomic E-state index is 0.0759. The van der Waals surface area contributed by atoms with E-state index in [0.29, 0.717) is 22.5 Å². The summed E-state index contributed by atoms with van der Waals surface area (Å²) >= 11 is 14.0. The van der Waals surface area contributed by atoms with Crippen LogP contribution < -0.4 is 4.90 Å². The Bertz CT molecular complexity index is 1040. The van der Waals surface area contributed by atoms with Crippen molar-refractivity contribution in [1.82, 2.24) is 4.98 Å². The number of rotatable bonds is 11. The summed E-state index contributed by atoms with van der Waals surface area (Å²) in [6.45, 7) is 5.54. The molecule has 0 saturated heterocycles. The zero-order chi connectivity index (χ0) is 23.1. The average molecular weight is 491 g/mol. The van der Waals surface area contributed by atoms with Crippen molar-refractivity contribution in [2.75, 3.05) is 18.0 Å². The van der Waals surface area contributed by atoms with Crippen LogP contribution in [0.1, 0.15) is 37.1 Å². The van der Waals surface area contributed by atoms with Crippen LogP contribution in [-0.4, -0.2) is 29.1 Å². The van der Waals surface area contributed by atoms with Crippen LogP contribution in [0.25, 0.3) is 11.3 Å². The molecule has 3 aromatic rings. The average Bonchev–Trinajstić information content (AvgIpc) is 3.16. The smallest absolute Gasteiger partial charge is 0.305 e. The molecule has 0 unspecified atom stereocenters. The lowest BCUT2D eigenvalue weighted by Crippen LogP contribution is -2.27. The van der Waals surface area contributed by atoms with E-state index >= 15 is 0 Å². The molecular weight excluding hydrogens is 463 g/mol. The number of carbonyl (C=O) groups is 1. The lowest BCUT2D eigenvalue weighted by Gasteiger charge is -2.21. The van der Waals surface area contributed by atoms with Crippen LogP contribution in [0, 0.1) is 5.92 Å². The Balaban J connectivity index is 1.87. The second-order valence-corrected chi connectivity index (χ2v) is 10.1. The third-order valence-corrected chi connectivity index (χ3v) is 6.95. The first-order valence-corrected chi connectivity index (χ1v) is 12.4. The molecule has 3 rings (SSSR count). The van der Waals surface area contributed by atoms with Gasteiger partial charge in [0.15, 0.2) is 5.13 Å². The first-order valence-electron chi connectivity index (χ1n) is 10.8. The summed E-state index contributed by atoms with van der Waals surface area (Å²) in [5, 5.41) is 11.1. The van der Waals surface area contributed by atoms with Gasteiger partial charge in [0.1, 0.15) is 0 Å². The highest BCUT2D eigenvalue weighted by molar-refractivity contribution is 7.16. The molecule has 0 fully saturated rings. The number of nitrogens with zero attached hydrogens (tertiary/aromatic N) is 2. The number of carboxylic acids is 1. The maximum absolute atomic E-state index is 11.3. The predicted octanol–water partition coefficient (Wildman–Crippen LogP) is 7.23. The highest BCUT2D eigenvalue weighted by Gasteiger charge is 2.19. The number of aromatic nitrogens is 1. The van der Waals surface area contributed by atoms with Crippen molar-refractivity contribution < 1.29 is 9.90 Å². The number of aryl methyl sites for hydroxylation is 1. The molecule has 7 heteroatoms. The van der Waals surface area contributed by atoms with Gasteiger partial charge < -0.3 is 10.0 Å². The van der Waals surface area contributed by atoms with Gasteiger partial charge in [0.25, 0.3) is 0 Å². The van der Waals surface area contributed by atoms with Crippen molar-refractivity contribution >= 4 is 45.6 Å². The Hall–Kier alpha value is -2.08. The molecule has 0 aliphatic heterocycles. The second kappa shape index (κ2) is 11.7. The fraction of sp³-hybridized carbons (Fsp3) is 0.360. The third-order valence-electron chi connectivity index (χ3n) is 5.08. The summed E-state index contributed by atoms with van der Waals surface area (Å²) in [4.78, 5) is 19.5. The zero-order valence-corrected chi connectivity index (χ0v) is 20.7. The Labute approximate surface area is 203 Å². The van der Waals surface area contributed by atoms with Crippen LogP contribution in [0.15, 0.2) is 48.5 Å². The molecule has 1 aromatic heterocycles. The predicted molar refractivity (Wildman–Crippen MR) is 135 cm³/mol. The number of benzene rings is 2. The van der Waals surface area contributed by atoms with Crippen molar-refractivity contribution in [3.05, 3.63) is 69.0 Å². The topological polar surface area (TPSA) is 53.4 Å². The Morgan fingerprint density at radius 3 is 2.50 bits per heavy atom. The fourth-order valence-electron chi connectivity index (χ4n) is 3.51. The van der Waals surface area contributed by atoms with Crippen molar-refractivity contribution in [2.45, 2.75) is 39.5 Å². The number of thiazole rings is 1. The van der Waals surface area contributed by atoms with Gasteiger partial charge in [-0.05, 0) is 42.9 Å². The summed E-state index contributed by atoms with van der Waals surface area (Å²) in [5.74, 6) is -0.336. The van der Waals surface area contributed by atoms with Gasteiger partial charge in [0.2, 0.25) is 0 Å². The van der Waals surface area contributed by atoms with Crippen LogP contribution in [0.4, 0.5) is 5.13 Å². The Morgan fingerprint density at radius 2 is 1.84 bits per heavy atom. The van der Waals surface area contributed by atoms with Crippen molar-refractivity contribution in [1.29, 1.82) is 0 Å². The van der Waals surface area contributed by atoms with Crippen molar-refractivity contribution in [3.8, 4) is 11.3 Å². The van der Waals surface area contributed by atoms with Gasteiger partial charge in [-0.2, -0.15) is 0 Å². The summed E-state index contributed by atoms with van der Waals surface area (Å²) in [7, 11) is 0. The molecule has 0 spiro atoms. The lowest BCUT2D eigenvalue weighted by atomic mass is 10.0. The number of aliphatic carboxylic acids is 1. The minimum Gasteiger partial charge on any atom is -0.481 e. The maximum atomic E-state index is 11.3. The number of halogens is 2. The summed E-state index contributed by atoms with van der Waals surface area (Å²) in [6, 6.07) is 15.9. The van der Waals surface area contributed by atoms with Crippen LogP contribution >= 0.6 is 34.5 Å². The first-order chi connectivity index (χ1) is 15.3. The molecule has 2 aromatic carbocycles. The van der Waals surface area contributed by atoms with E-state index in [-0.39, 0.29) is 6.42 Å². The molecule has 1 N–H and O–H groups in total. The van der Waals surface area contributed by atoms with Gasteiger partial charge in [0, 0.05) is 23.5 Å². The Morgan fingerprint density at radius 1 is 1.09 bits per heavy atom. The molecule has 0 saturated carbocycles. The Kier molecular flexibility index (Phi) is 8.97. The van der Waals surface area contributed by atoms with Crippen LogP contribution in [0.2, 0.25) is 10.0 Å². The number of hydrogen-bond acceptors (Lipinski definition) is 4. The minimum atomic E-state index is -0.804. The van der Waals surface area contributed by atoms with Crippen LogP contribution in [0.5, 0.6) is 0 Å². The summed E-state index contributed by atoms with van der Waals surface area (Å²) < 4.78 is 0. The summed E-state index contributed by atoms with van der Waals surface area (Å²) in [6.07, 6.45) is 2.83. The number of hydrogen-bond donors (Lipinski definition) is 1. The highest BCUT2D eigenvalue weighted by atomic mass is 35.5. The molecule has 1 heterocycles. The maximum Gasteiger partial charge on any atom is 0.305 e. The van der Waals surface area contributed by atoms with Gasteiger partial charge >= 0.3 is 5.97 Å². The van der Waals surface area contributed by atoms with Gasteiger partial charge in [-0.15, -0.1) is 11.3 Å². The van der Waals surface area contributed by atoms with Crippen LogP contribution in [0.3, 0.4) is 0 Å². The molecule has 0 bridgehead atoms. The van der Waals surface area contributed by atoms with E-state index in [1.165, 1.54) is 10.4 Å². The molecule has 0 amide bonds. The number of anilines is 1. The van der Waals surface area contributed by atoms with Crippen LogP contribution in [-0.2, 0) is 17.6 Å². The molecule has 32 heavy (non-hydrogen) atoms. The van der Waals surface area contributed by atoms with E-state index in [1.54, 1.807) is 17.4 Å². The van der Waals surface area contributed by atoms with E-state index in [2.05, 4.69) is 30.9 Å². The standard InChI is InChI=1S/C25H28Cl2N2O2S/c1-17(2)15-22-24(19-10-11-20(26)21(27)16-19)28-25(32-22)29(14-12-23(30)31)13-6-9-18-7-4-3-5-8-18/h3-5,7-8,10-11,16-17H,6,9,12-15H2,1-2H3,(H,30,31). The molecule has 170 valence electrons. The van der Waals surface area contributed by atoms with E-state index in [0.717, 1.165) is 42.2 Å². The monoisotopic (exact) mass is 490 g/mol.